The number of nitrogens with one attached hydrogen (secondary N) is 2. The number of rotatable bonds is 10. The van der Waals surface area contributed by atoms with Crippen molar-refractivity contribution in [1.82, 2.24) is 4.90 Å². The minimum Gasteiger partial charge on any atom is -0.388 e. The molecule has 0 saturated carbocycles. The van der Waals surface area contributed by atoms with E-state index in [1.165, 1.54) is 16.7 Å². The van der Waals surface area contributed by atoms with Crippen molar-refractivity contribution in [2.45, 2.75) is 47.5 Å². The number of allylic oxidation sites excluding steroid dienone is 5. The van der Waals surface area contributed by atoms with Gasteiger partial charge in [0, 0.05) is 37.7 Å². The fourth-order valence-corrected chi connectivity index (χ4v) is 2.85. The largest absolute Gasteiger partial charge is 0.388 e. The van der Waals surface area contributed by atoms with E-state index in [1.807, 2.05) is 7.05 Å². The molecule has 148 valence electrons. The lowest BCUT2D eigenvalue weighted by Gasteiger charge is -2.19. The van der Waals surface area contributed by atoms with Crippen molar-refractivity contribution >= 4 is 11.4 Å². The number of anilines is 2. The molecule has 0 fully saturated rings. The molecule has 3 nitrogen and oxygen atoms in total. The van der Waals surface area contributed by atoms with Crippen LogP contribution in [0.15, 0.2) is 65.5 Å². The standard InChI is InChI=1S/C24H37N3/c1-8-11-15-27(7)18-21(10-3)22(12-9-2)16-20(5)26-24-17-23(25-6)14-13-19(24)4/h10-17,25-26H,8-9,18H2,1-7H3/b15-11-,20-16+,21-10+,22-12+. The summed E-state index contributed by atoms with van der Waals surface area (Å²) in [7, 11) is 4.07. The Morgan fingerprint density at radius 2 is 1.93 bits per heavy atom. The normalized spacial score (nSPS) is 13.2. The van der Waals surface area contributed by atoms with Crippen LogP contribution in [0.25, 0.3) is 0 Å². The summed E-state index contributed by atoms with van der Waals surface area (Å²) in [6.45, 7) is 11.6. The van der Waals surface area contributed by atoms with Crippen LogP contribution in [0.5, 0.6) is 0 Å². The predicted molar refractivity (Wildman–Crippen MR) is 122 cm³/mol. The summed E-state index contributed by atoms with van der Waals surface area (Å²) in [5, 5.41) is 6.77. The molecule has 0 aliphatic carbocycles. The Morgan fingerprint density at radius 3 is 2.52 bits per heavy atom. The Kier molecular flexibility index (Phi) is 10.1. The van der Waals surface area contributed by atoms with E-state index in [4.69, 9.17) is 0 Å². The molecule has 1 aromatic carbocycles. The molecule has 0 saturated heterocycles. The Hall–Kier alpha value is -2.42. The molecule has 0 spiro atoms. The van der Waals surface area contributed by atoms with Gasteiger partial charge < -0.3 is 15.5 Å². The molecule has 0 aliphatic rings. The summed E-state index contributed by atoms with van der Waals surface area (Å²) in [6, 6.07) is 6.38. The van der Waals surface area contributed by atoms with Gasteiger partial charge in [-0.25, -0.2) is 0 Å². The summed E-state index contributed by atoms with van der Waals surface area (Å²) < 4.78 is 0. The third-order valence-corrected chi connectivity index (χ3v) is 4.39. The van der Waals surface area contributed by atoms with E-state index >= 15 is 0 Å². The monoisotopic (exact) mass is 367 g/mol. The number of nitrogens with zero attached hydrogens (tertiary/aromatic N) is 1. The van der Waals surface area contributed by atoms with Gasteiger partial charge in [0.25, 0.3) is 0 Å². The van der Waals surface area contributed by atoms with Gasteiger partial charge in [-0.15, -0.1) is 0 Å². The van der Waals surface area contributed by atoms with Gasteiger partial charge in [-0.05, 0) is 74.7 Å². The molecule has 0 amide bonds. The van der Waals surface area contributed by atoms with Crippen LogP contribution >= 0.6 is 0 Å². The second-order valence-corrected chi connectivity index (χ2v) is 6.82. The minimum atomic E-state index is 0.900. The van der Waals surface area contributed by atoms with Gasteiger partial charge in [-0.1, -0.05) is 38.1 Å². The Balaban J connectivity index is 3.02. The van der Waals surface area contributed by atoms with Crippen molar-refractivity contribution in [3.8, 4) is 0 Å². The molecule has 0 atom stereocenters. The fourth-order valence-electron chi connectivity index (χ4n) is 2.85. The van der Waals surface area contributed by atoms with E-state index < -0.39 is 0 Å². The van der Waals surface area contributed by atoms with Crippen LogP contribution in [-0.4, -0.2) is 25.5 Å². The van der Waals surface area contributed by atoms with Crippen LogP contribution < -0.4 is 10.6 Å². The third-order valence-electron chi connectivity index (χ3n) is 4.39. The van der Waals surface area contributed by atoms with Crippen molar-refractivity contribution in [2.24, 2.45) is 0 Å². The maximum Gasteiger partial charge on any atom is 0.0432 e. The van der Waals surface area contributed by atoms with Crippen LogP contribution in [0.2, 0.25) is 0 Å². The van der Waals surface area contributed by atoms with Gasteiger partial charge >= 0.3 is 0 Å². The molecular weight excluding hydrogens is 330 g/mol. The van der Waals surface area contributed by atoms with Gasteiger partial charge in [-0.2, -0.15) is 0 Å². The Bertz CT molecular complexity index is 708. The van der Waals surface area contributed by atoms with Crippen LogP contribution in [0.4, 0.5) is 11.4 Å². The first-order chi connectivity index (χ1) is 12.9. The summed E-state index contributed by atoms with van der Waals surface area (Å²) in [5.41, 5.74) is 7.23. The molecule has 0 aromatic heterocycles. The topological polar surface area (TPSA) is 27.3 Å². The summed E-state index contributed by atoms with van der Waals surface area (Å²) in [5.74, 6) is 0. The van der Waals surface area contributed by atoms with E-state index in [1.54, 1.807) is 0 Å². The van der Waals surface area contributed by atoms with Crippen molar-refractivity contribution in [3.05, 3.63) is 71.1 Å². The molecule has 1 rings (SSSR count). The number of likely N-dealkylation sites (N-methyl/N-ethyl adjacent to an activating group) is 1. The fraction of sp³-hybridized carbons (Fsp3) is 0.417. The molecule has 1 aromatic rings. The first-order valence-corrected chi connectivity index (χ1v) is 9.91. The zero-order chi connectivity index (χ0) is 20.2. The van der Waals surface area contributed by atoms with Crippen molar-refractivity contribution in [2.75, 3.05) is 31.3 Å². The lowest BCUT2D eigenvalue weighted by atomic mass is 10.0. The SMILES string of the molecule is C/C=C(CN(C)/C=C\CC)/C(/C=C(\C)Nc1cc(NC)ccc1C)=C/CC. The Morgan fingerprint density at radius 1 is 1.19 bits per heavy atom. The smallest absolute Gasteiger partial charge is 0.0432 e. The maximum atomic E-state index is 3.57. The zero-order valence-electron chi connectivity index (χ0n) is 18.2. The number of hydrogen-bond donors (Lipinski definition) is 2. The van der Waals surface area contributed by atoms with Gasteiger partial charge in [0.1, 0.15) is 0 Å². The minimum absolute atomic E-state index is 0.900. The molecule has 2 N–H and O–H groups in total. The summed E-state index contributed by atoms with van der Waals surface area (Å²) >= 11 is 0. The Labute approximate surface area is 166 Å². The molecule has 0 heterocycles. The molecule has 3 heteroatoms. The molecule has 27 heavy (non-hydrogen) atoms. The highest BCUT2D eigenvalue weighted by molar-refractivity contribution is 5.63. The number of benzene rings is 1. The third kappa shape index (κ3) is 7.78. The van der Waals surface area contributed by atoms with Crippen LogP contribution in [0.3, 0.4) is 0 Å². The zero-order valence-corrected chi connectivity index (χ0v) is 18.2. The molecule has 0 radical (unpaired) electrons. The summed E-state index contributed by atoms with van der Waals surface area (Å²) in [6.07, 6.45) is 13.2. The van der Waals surface area contributed by atoms with Crippen molar-refractivity contribution < 1.29 is 0 Å². The first-order valence-electron chi connectivity index (χ1n) is 9.91. The van der Waals surface area contributed by atoms with Gasteiger partial charge in [0.2, 0.25) is 0 Å². The second-order valence-electron chi connectivity index (χ2n) is 6.82. The van der Waals surface area contributed by atoms with Crippen molar-refractivity contribution in [1.29, 1.82) is 0 Å². The van der Waals surface area contributed by atoms with Crippen LogP contribution in [-0.2, 0) is 0 Å². The number of aryl methyl sites for hydroxylation is 1. The first kappa shape index (κ1) is 22.6. The van der Waals surface area contributed by atoms with E-state index in [0.29, 0.717) is 0 Å². The lowest BCUT2D eigenvalue weighted by molar-refractivity contribution is 0.497. The molecule has 0 bridgehead atoms. The second kappa shape index (κ2) is 12.1. The van der Waals surface area contributed by atoms with E-state index in [9.17, 15) is 0 Å². The van der Waals surface area contributed by atoms with Crippen LogP contribution in [0, 0.1) is 6.92 Å². The number of hydrogen-bond acceptors (Lipinski definition) is 3. The van der Waals surface area contributed by atoms with E-state index in [-0.39, 0.29) is 0 Å². The molecule has 0 unspecified atom stereocenters. The van der Waals surface area contributed by atoms with Gasteiger partial charge in [0.05, 0.1) is 0 Å². The van der Waals surface area contributed by atoms with Crippen molar-refractivity contribution in [3.63, 3.8) is 0 Å². The lowest BCUT2D eigenvalue weighted by Crippen LogP contribution is -2.15. The van der Waals surface area contributed by atoms with E-state index in [0.717, 1.165) is 36.5 Å². The van der Waals surface area contributed by atoms with Gasteiger partial charge in [-0.3, -0.25) is 0 Å². The molecular formula is C24H37N3. The van der Waals surface area contributed by atoms with Gasteiger partial charge in [0.15, 0.2) is 0 Å². The average molecular weight is 368 g/mol. The quantitative estimate of drug-likeness (QED) is 0.463. The highest BCUT2D eigenvalue weighted by atomic mass is 15.1. The highest BCUT2D eigenvalue weighted by Gasteiger charge is 2.06. The van der Waals surface area contributed by atoms with Crippen LogP contribution in [0.1, 0.15) is 46.1 Å². The average Bonchev–Trinajstić information content (AvgIpc) is 2.65. The molecule has 0 aliphatic heterocycles. The maximum absolute atomic E-state index is 3.57. The summed E-state index contributed by atoms with van der Waals surface area (Å²) in [4.78, 5) is 2.24. The van der Waals surface area contributed by atoms with E-state index in [2.05, 4.69) is 106 Å². The highest BCUT2D eigenvalue weighted by Crippen LogP contribution is 2.23. The predicted octanol–water partition coefficient (Wildman–Crippen LogP) is 6.49.